The lowest BCUT2D eigenvalue weighted by atomic mass is 9.52. The first-order chi connectivity index (χ1) is 16.1. The number of nitrogens with zero attached hydrogens (tertiary/aromatic N) is 1. The van der Waals surface area contributed by atoms with E-state index in [1.807, 2.05) is 6.07 Å². The van der Waals surface area contributed by atoms with Crippen LogP contribution in [0.5, 0.6) is 5.75 Å². The van der Waals surface area contributed by atoms with E-state index in [0.29, 0.717) is 17.2 Å². The number of likely N-dealkylation sites (tertiary alicyclic amines) is 1. The minimum absolute atomic E-state index is 0.343. The topological polar surface area (TPSA) is 139 Å². The highest BCUT2D eigenvalue weighted by atomic mass is 16.4. The minimum Gasteiger partial charge on any atom is -0.508 e. The number of piperidine rings is 1. The second kappa shape index (κ2) is 10.9. The van der Waals surface area contributed by atoms with E-state index in [9.17, 15) is 14.7 Å². The number of carbonyl (C=O) groups is 2. The summed E-state index contributed by atoms with van der Waals surface area (Å²) in [6.45, 7) is 6.83. The SMILES string of the molecule is CC/C(C)=C/CN1CC[C@]23CCCC[C@H]2[C@H]1Cc1ccc(O)cc13.O=C(O)C(O)C(O)C(=O)O. The number of fused-ring (bicyclic) bond motifs is 1. The molecule has 188 valence electrons. The Morgan fingerprint density at radius 1 is 1.15 bits per heavy atom. The van der Waals surface area contributed by atoms with Crippen LogP contribution in [0.15, 0.2) is 29.8 Å². The molecule has 1 aromatic rings. The maximum absolute atomic E-state index is 10.1. The number of carboxylic acid groups (broad SMARTS) is 2. The molecule has 8 nitrogen and oxygen atoms in total. The van der Waals surface area contributed by atoms with E-state index in [0.717, 1.165) is 18.9 Å². The molecular formula is C26H37NO7. The summed E-state index contributed by atoms with van der Waals surface area (Å²) in [5.74, 6) is -2.30. The first-order valence-electron chi connectivity index (χ1n) is 12.1. The zero-order valence-electron chi connectivity index (χ0n) is 20.0. The van der Waals surface area contributed by atoms with Gasteiger partial charge >= 0.3 is 11.9 Å². The van der Waals surface area contributed by atoms with Gasteiger partial charge in [0.25, 0.3) is 0 Å². The van der Waals surface area contributed by atoms with Crippen molar-refractivity contribution in [3.63, 3.8) is 0 Å². The first-order valence-corrected chi connectivity index (χ1v) is 12.1. The van der Waals surface area contributed by atoms with E-state index in [1.165, 1.54) is 61.8 Å². The van der Waals surface area contributed by atoms with Crippen molar-refractivity contribution in [2.75, 3.05) is 13.1 Å². The third-order valence-electron chi connectivity index (χ3n) is 7.97. The molecule has 34 heavy (non-hydrogen) atoms. The molecule has 8 heteroatoms. The number of carboxylic acids is 2. The van der Waals surface area contributed by atoms with E-state index in [4.69, 9.17) is 20.4 Å². The predicted molar refractivity (Wildman–Crippen MR) is 127 cm³/mol. The van der Waals surface area contributed by atoms with Crippen LogP contribution in [0.2, 0.25) is 0 Å². The molecule has 2 fully saturated rings. The average molecular weight is 476 g/mol. The van der Waals surface area contributed by atoms with Crippen LogP contribution in [-0.4, -0.2) is 73.7 Å². The van der Waals surface area contributed by atoms with Crippen LogP contribution in [0.1, 0.15) is 63.5 Å². The van der Waals surface area contributed by atoms with Gasteiger partial charge in [0.1, 0.15) is 5.75 Å². The molecule has 1 saturated heterocycles. The number of allylic oxidation sites excluding steroid dienone is 1. The highest BCUT2D eigenvalue weighted by Gasteiger charge is 2.53. The molecule has 0 radical (unpaired) electrons. The van der Waals surface area contributed by atoms with E-state index in [2.05, 4.69) is 37.0 Å². The Balaban J connectivity index is 0.000000277. The van der Waals surface area contributed by atoms with Gasteiger partial charge < -0.3 is 25.5 Å². The lowest BCUT2D eigenvalue weighted by Gasteiger charge is -2.59. The normalized spacial score (nSPS) is 27.9. The van der Waals surface area contributed by atoms with Crippen molar-refractivity contribution >= 4 is 11.9 Å². The second-order valence-electron chi connectivity index (χ2n) is 9.84. The monoisotopic (exact) mass is 475 g/mol. The lowest BCUT2D eigenvalue weighted by molar-refractivity contribution is -0.165. The molecule has 0 aromatic heterocycles. The predicted octanol–water partition coefficient (Wildman–Crippen LogP) is 2.68. The van der Waals surface area contributed by atoms with Gasteiger partial charge in [-0.2, -0.15) is 0 Å². The van der Waals surface area contributed by atoms with Crippen LogP contribution in [0.4, 0.5) is 0 Å². The lowest BCUT2D eigenvalue weighted by Crippen LogP contribution is -2.60. The molecule has 2 bridgehead atoms. The first kappa shape index (κ1) is 26.2. The number of rotatable bonds is 6. The highest BCUT2D eigenvalue weighted by molar-refractivity contribution is 5.83. The Hall–Kier alpha value is -2.42. The summed E-state index contributed by atoms with van der Waals surface area (Å²) in [7, 11) is 0. The molecule has 2 aliphatic carbocycles. The maximum Gasteiger partial charge on any atom is 0.335 e. The van der Waals surface area contributed by atoms with Crippen molar-refractivity contribution < 1.29 is 35.1 Å². The maximum atomic E-state index is 10.1. The zero-order valence-corrected chi connectivity index (χ0v) is 20.0. The van der Waals surface area contributed by atoms with Gasteiger partial charge in [0.15, 0.2) is 12.2 Å². The smallest absolute Gasteiger partial charge is 0.335 e. The molecule has 1 aromatic carbocycles. The summed E-state index contributed by atoms with van der Waals surface area (Å²) in [5.41, 5.74) is 4.84. The van der Waals surface area contributed by atoms with Gasteiger partial charge in [-0.15, -0.1) is 0 Å². The summed E-state index contributed by atoms with van der Waals surface area (Å²) in [6.07, 6.45) is 6.94. The van der Waals surface area contributed by atoms with Crippen LogP contribution in [0.3, 0.4) is 0 Å². The molecule has 4 rings (SSSR count). The third kappa shape index (κ3) is 5.29. The van der Waals surface area contributed by atoms with Crippen molar-refractivity contribution in [3.05, 3.63) is 41.0 Å². The van der Waals surface area contributed by atoms with Gasteiger partial charge in [-0.05, 0) is 74.8 Å². The highest BCUT2D eigenvalue weighted by Crippen LogP contribution is 2.56. The molecule has 1 aliphatic heterocycles. The quantitative estimate of drug-likeness (QED) is 0.396. The van der Waals surface area contributed by atoms with Crippen LogP contribution >= 0.6 is 0 Å². The largest absolute Gasteiger partial charge is 0.508 e. The van der Waals surface area contributed by atoms with Crippen molar-refractivity contribution in [1.29, 1.82) is 0 Å². The number of hydrogen-bond acceptors (Lipinski definition) is 6. The molecule has 5 N–H and O–H groups in total. The minimum atomic E-state index is -2.27. The van der Waals surface area contributed by atoms with E-state index in [-0.39, 0.29) is 0 Å². The van der Waals surface area contributed by atoms with E-state index in [1.54, 1.807) is 0 Å². The Morgan fingerprint density at radius 3 is 2.44 bits per heavy atom. The molecule has 1 heterocycles. The van der Waals surface area contributed by atoms with Gasteiger partial charge in [0.05, 0.1) is 0 Å². The van der Waals surface area contributed by atoms with Crippen LogP contribution in [0.25, 0.3) is 0 Å². The fourth-order valence-corrected chi connectivity index (χ4v) is 5.99. The Morgan fingerprint density at radius 2 is 1.82 bits per heavy atom. The number of aliphatic hydroxyl groups excluding tert-OH is 2. The van der Waals surface area contributed by atoms with Gasteiger partial charge in [-0.25, -0.2) is 9.59 Å². The fraction of sp³-hybridized carbons (Fsp3) is 0.615. The zero-order chi connectivity index (χ0) is 25.0. The molecule has 0 amide bonds. The van der Waals surface area contributed by atoms with Crippen LogP contribution < -0.4 is 0 Å². The van der Waals surface area contributed by atoms with Crippen LogP contribution in [0, 0.1) is 5.92 Å². The van der Waals surface area contributed by atoms with Gasteiger partial charge in [0, 0.05) is 18.0 Å². The molecule has 3 aliphatic rings. The molecule has 0 spiro atoms. The summed E-state index contributed by atoms with van der Waals surface area (Å²) in [4.78, 5) is 22.3. The standard InChI is InChI=1S/C22H31NO.C4H6O6/c1-3-16(2)9-12-23-13-11-22-10-5-4-6-19(22)21(23)14-17-7-8-18(24)15-20(17)22;5-1(3(7)8)2(6)4(9)10/h7-9,15,19,21,24H,3-6,10-14H2,1-2H3;1-2,5-6H,(H,7,8)(H,9,10)/b16-9+;/t19-,21+,22+;/m0./s1. The summed E-state index contributed by atoms with van der Waals surface area (Å²) in [6, 6.07) is 6.87. The molecule has 2 unspecified atom stereocenters. The van der Waals surface area contributed by atoms with Crippen LogP contribution in [-0.2, 0) is 21.4 Å². The Kier molecular flexibility index (Phi) is 8.38. The van der Waals surface area contributed by atoms with Crippen molar-refractivity contribution in [1.82, 2.24) is 4.90 Å². The number of benzene rings is 1. The molecule has 1 saturated carbocycles. The average Bonchev–Trinajstić information content (AvgIpc) is 2.83. The van der Waals surface area contributed by atoms with Crippen molar-refractivity contribution in [3.8, 4) is 5.75 Å². The number of hydrogen-bond donors (Lipinski definition) is 5. The number of aliphatic carboxylic acids is 2. The number of phenolic OH excluding ortho intramolecular Hbond substituents is 1. The van der Waals surface area contributed by atoms with E-state index < -0.39 is 24.1 Å². The summed E-state index contributed by atoms with van der Waals surface area (Å²) < 4.78 is 0. The Labute approximate surface area is 200 Å². The number of aliphatic hydroxyl groups is 2. The van der Waals surface area contributed by atoms with E-state index >= 15 is 0 Å². The molecular weight excluding hydrogens is 438 g/mol. The van der Waals surface area contributed by atoms with Gasteiger partial charge in [0.2, 0.25) is 0 Å². The van der Waals surface area contributed by atoms with Crippen molar-refractivity contribution in [2.45, 2.75) is 82.5 Å². The molecule has 5 atom stereocenters. The summed E-state index contributed by atoms with van der Waals surface area (Å²) in [5, 5.41) is 42.6. The third-order valence-corrected chi connectivity index (χ3v) is 7.97. The number of aromatic hydroxyl groups is 1. The summed E-state index contributed by atoms with van der Waals surface area (Å²) >= 11 is 0. The Bertz CT molecular complexity index is 912. The second-order valence-corrected chi connectivity index (χ2v) is 9.84. The van der Waals surface area contributed by atoms with Gasteiger partial charge in [-0.3, -0.25) is 4.90 Å². The van der Waals surface area contributed by atoms with Crippen molar-refractivity contribution in [2.24, 2.45) is 5.92 Å². The fourth-order valence-electron chi connectivity index (χ4n) is 5.99. The van der Waals surface area contributed by atoms with Gasteiger partial charge in [-0.1, -0.05) is 37.5 Å². The number of phenols is 1.